The van der Waals surface area contributed by atoms with Crippen LogP contribution in [0.1, 0.15) is 37.8 Å². The zero-order chi connectivity index (χ0) is 23.1. The van der Waals surface area contributed by atoms with E-state index in [9.17, 15) is 9.59 Å². The number of rotatable bonds is 7. The monoisotopic (exact) mass is 443 g/mol. The minimum absolute atomic E-state index is 0.0455. The first-order chi connectivity index (χ1) is 15.4. The standard InChI is InChI=1S/C24H37N5O3/c1-4-26-24(29-13-17(2)21(16-29)23(31)32-3)27-12-18-7-5-8-19(11-18)14-28-10-6-9-20(15-28)22(25)30/h5,7-8,11,17,20-21H,4,6,9-10,12-16H2,1-3H3,(H2,25,30)(H,26,27). The summed E-state index contributed by atoms with van der Waals surface area (Å²) in [5, 5.41) is 3.36. The molecule has 0 aliphatic carbocycles. The molecule has 2 heterocycles. The van der Waals surface area contributed by atoms with Gasteiger partial charge in [-0.05, 0) is 43.4 Å². The predicted octanol–water partition coefficient (Wildman–Crippen LogP) is 1.59. The molecule has 1 aromatic carbocycles. The van der Waals surface area contributed by atoms with Crippen LogP contribution >= 0.6 is 0 Å². The molecular formula is C24H37N5O3. The molecule has 2 aliphatic heterocycles. The number of nitrogens with one attached hydrogen (secondary N) is 1. The fourth-order valence-electron chi connectivity index (χ4n) is 4.71. The topological polar surface area (TPSA) is 100 Å². The van der Waals surface area contributed by atoms with Gasteiger partial charge in [0.1, 0.15) is 0 Å². The molecule has 2 aliphatic rings. The van der Waals surface area contributed by atoms with Gasteiger partial charge in [-0.3, -0.25) is 14.5 Å². The van der Waals surface area contributed by atoms with Crippen molar-refractivity contribution in [1.29, 1.82) is 0 Å². The molecule has 0 saturated carbocycles. The van der Waals surface area contributed by atoms with Crippen LogP contribution in [-0.4, -0.2) is 67.5 Å². The third-order valence-electron chi connectivity index (χ3n) is 6.47. The van der Waals surface area contributed by atoms with Crippen LogP contribution in [0.2, 0.25) is 0 Å². The smallest absolute Gasteiger partial charge is 0.310 e. The summed E-state index contributed by atoms with van der Waals surface area (Å²) in [6.07, 6.45) is 1.89. The highest BCUT2D eigenvalue weighted by Crippen LogP contribution is 2.24. The molecule has 3 rings (SSSR count). The quantitative estimate of drug-likeness (QED) is 0.377. The summed E-state index contributed by atoms with van der Waals surface area (Å²) in [5.41, 5.74) is 7.87. The van der Waals surface area contributed by atoms with Crippen molar-refractivity contribution in [2.45, 2.75) is 39.8 Å². The van der Waals surface area contributed by atoms with Gasteiger partial charge in [0.2, 0.25) is 5.91 Å². The Morgan fingerprint density at radius 1 is 1.25 bits per heavy atom. The van der Waals surface area contributed by atoms with Gasteiger partial charge in [-0.1, -0.05) is 31.2 Å². The van der Waals surface area contributed by atoms with E-state index in [1.54, 1.807) is 0 Å². The van der Waals surface area contributed by atoms with Gasteiger partial charge in [0.25, 0.3) is 0 Å². The number of carbonyl (C=O) groups excluding carboxylic acids is 2. The van der Waals surface area contributed by atoms with E-state index in [0.717, 1.165) is 57.1 Å². The molecule has 8 nitrogen and oxygen atoms in total. The minimum atomic E-state index is -0.195. The second kappa shape index (κ2) is 11.3. The van der Waals surface area contributed by atoms with Crippen molar-refractivity contribution >= 4 is 17.8 Å². The SMILES string of the molecule is CCNC(=NCc1cccc(CN2CCCC(C(N)=O)C2)c1)N1CC(C)C(C(=O)OC)C1. The lowest BCUT2D eigenvalue weighted by Crippen LogP contribution is -2.40. The van der Waals surface area contributed by atoms with E-state index in [0.29, 0.717) is 13.1 Å². The largest absolute Gasteiger partial charge is 0.469 e. The second-order valence-electron chi connectivity index (χ2n) is 8.98. The van der Waals surface area contributed by atoms with Crippen molar-refractivity contribution in [3.8, 4) is 0 Å². The Hall–Kier alpha value is -2.61. The Bertz CT molecular complexity index is 828. The minimum Gasteiger partial charge on any atom is -0.469 e. The Balaban J connectivity index is 1.64. The van der Waals surface area contributed by atoms with Crippen LogP contribution < -0.4 is 11.1 Å². The first kappa shape index (κ1) is 24.0. The molecule has 2 fully saturated rings. The van der Waals surface area contributed by atoms with Crippen LogP contribution in [0.5, 0.6) is 0 Å². The fourth-order valence-corrected chi connectivity index (χ4v) is 4.71. The molecule has 1 amide bonds. The average molecular weight is 444 g/mol. The van der Waals surface area contributed by atoms with Crippen LogP contribution in [-0.2, 0) is 27.4 Å². The summed E-state index contributed by atoms with van der Waals surface area (Å²) in [4.78, 5) is 32.9. The molecule has 32 heavy (non-hydrogen) atoms. The third-order valence-corrected chi connectivity index (χ3v) is 6.47. The van der Waals surface area contributed by atoms with E-state index >= 15 is 0 Å². The highest BCUT2D eigenvalue weighted by atomic mass is 16.5. The Morgan fingerprint density at radius 2 is 2.03 bits per heavy atom. The number of ether oxygens (including phenoxy) is 1. The van der Waals surface area contributed by atoms with Crippen LogP contribution in [0.3, 0.4) is 0 Å². The van der Waals surface area contributed by atoms with Crippen molar-refractivity contribution in [2.75, 3.05) is 39.8 Å². The number of likely N-dealkylation sites (tertiary alicyclic amines) is 2. The van der Waals surface area contributed by atoms with Crippen molar-refractivity contribution in [2.24, 2.45) is 28.5 Å². The molecule has 3 atom stereocenters. The molecule has 0 bridgehead atoms. The highest BCUT2D eigenvalue weighted by Gasteiger charge is 2.36. The Morgan fingerprint density at radius 3 is 2.75 bits per heavy atom. The Kier molecular flexibility index (Phi) is 8.50. The maximum absolute atomic E-state index is 12.0. The summed E-state index contributed by atoms with van der Waals surface area (Å²) in [5.74, 6) is 0.538. The van der Waals surface area contributed by atoms with Crippen LogP contribution in [0, 0.1) is 17.8 Å². The summed E-state index contributed by atoms with van der Waals surface area (Å²) < 4.78 is 4.96. The van der Waals surface area contributed by atoms with Gasteiger partial charge in [-0.15, -0.1) is 0 Å². The van der Waals surface area contributed by atoms with E-state index < -0.39 is 0 Å². The number of piperidine rings is 1. The zero-order valence-electron chi connectivity index (χ0n) is 19.5. The number of methoxy groups -OCH3 is 1. The molecule has 3 unspecified atom stereocenters. The molecule has 0 aromatic heterocycles. The molecule has 0 radical (unpaired) electrons. The summed E-state index contributed by atoms with van der Waals surface area (Å²) in [7, 11) is 1.45. The van der Waals surface area contributed by atoms with Gasteiger partial charge in [0, 0.05) is 32.7 Å². The maximum atomic E-state index is 12.0. The van der Waals surface area contributed by atoms with E-state index in [4.69, 9.17) is 15.5 Å². The number of benzene rings is 1. The third kappa shape index (κ3) is 6.22. The highest BCUT2D eigenvalue weighted by molar-refractivity contribution is 5.82. The maximum Gasteiger partial charge on any atom is 0.310 e. The van der Waals surface area contributed by atoms with E-state index in [2.05, 4.69) is 46.3 Å². The summed E-state index contributed by atoms with van der Waals surface area (Å²) >= 11 is 0. The number of aliphatic imine (C=N–C) groups is 1. The van der Waals surface area contributed by atoms with Crippen LogP contribution in [0.25, 0.3) is 0 Å². The number of hydrogen-bond acceptors (Lipinski definition) is 5. The number of amides is 1. The van der Waals surface area contributed by atoms with Crippen LogP contribution in [0.4, 0.5) is 0 Å². The molecule has 2 saturated heterocycles. The number of nitrogens with zero attached hydrogens (tertiary/aromatic N) is 3. The normalized spacial score (nSPS) is 24.4. The van der Waals surface area contributed by atoms with E-state index in [1.807, 2.05) is 6.92 Å². The van der Waals surface area contributed by atoms with Crippen molar-refractivity contribution in [3.05, 3.63) is 35.4 Å². The average Bonchev–Trinajstić information content (AvgIpc) is 3.18. The first-order valence-electron chi connectivity index (χ1n) is 11.6. The number of carbonyl (C=O) groups is 2. The van der Waals surface area contributed by atoms with Gasteiger partial charge in [-0.2, -0.15) is 0 Å². The molecular weight excluding hydrogens is 406 g/mol. The van der Waals surface area contributed by atoms with Crippen molar-refractivity contribution < 1.29 is 14.3 Å². The number of esters is 1. The second-order valence-corrected chi connectivity index (χ2v) is 8.98. The predicted molar refractivity (Wildman–Crippen MR) is 125 cm³/mol. The number of guanidine groups is 1. The lowest BCUT2D eigenvalue weighted by Gasteiger charge is -2.31. The first-order valence-corrected chi connectivity index (χ1v) is 11.6. The molecule has 0 spiro atoms. The molecule has 8 heteroatoms. The van der Waals surface area contributed by atoms with E-state index in [-0.39, 0.29) is 29.6 Å². The zero-order valence-corrected chi connectivity index (χ0v) is 19.5. The van der Waals surface area contributed by atoms with Gasteiger partial charge in [0.15, 0.2) is 5.96 Å². The molecule has 3 N–H and O–H groups in total. The van der Waals surface area contributed by atoms with Gasteiger partial charge >= 0.3 is 5.97 Å². The van der Waals surface area contributed by atoms with E-state index in [1.165, 1.54) is 12.7 Å². The van der Waals surface area contributed by atoms with Gasteiger partial charge in [0.05, 0.1) is 25.5 Å². The summed E-state index contributed by atoms with van der Waals surface area (Å²) in [6.45, 7) is 9.39. The number of primary amides is 1. The van der Waals surface area contributed by atoms with Gasteiger partial charge < -0.3 is 20.7 Å². The number of nitrogens with two attached hydrogens (primary N) is 1. The van der Waals surface area contributed by atoms with Crippen molar-refractivity contribution in [1.82, 2.24) is 15.1 Å². The van der Waals surface area contributed by atoms with Crippen molar-refractivity contribution in [3.63, 3.8) is 0 Å². The lowest BCUT2D eigenvalue weighted by atomic mass is 9.97. The lowest BCUT2D eigenvalue weighted by molar-refractivity contribution is -0.146. The van der Waals surface area contributed by atoms with Gasteiger partial charge in [-0.25, -0.2) is 4.99 Å². The number of hydrogen-bond donors (Lipinski definition) is 2. The Labute approximate surface area is 191 Å². The van der Waals surface area contributed by atoms with Crippen LogP contribution in [0.15, 0.2) is 29.3 Å². The molecule has 1 aromatic rings. The molecule has 176 valence electrons. The summed E-state index contributed by atoms with van der Waals surface area (Å²) in [6, 6.07) is 8.46. The fraction of sp³-hybridized carbons (Fsp3) is 0.625.